The minimum absolute atomic E-state index is 0.0181. The van der Waals surface area contributed by atoms with Crippen LogP contribution in [0.25, 0.3) is 0 Å². The molecule has 0 saturated heterocycles. The summed E-state index contributed by atoms with van der Waals surface area (Å²) in [5.41, 5.74) is 1.98. The molecule has 2 aromatic rings. The zero-order valence-electron chi connectivity index (χ0n) is 13.4. The monoisotopic (exact) mass is 331 g/mol. The Kier molecular flexibility index (Phi) is 6.81. The minimum Gasteiger partial charge on any atom is -0.497 e. The number of anilines is 1. The summed E-state index contributed by atoms with van der Waals surface area (Å²) in [5, 5.41) is 2.85. The number of hydrogen-bond acceptors (Lipinski definition) is 4. The lowest BCUT2D eigenvalue weighted by Crippen LogP contribution is -2.15. The van der Waals surface area contributed by atoms with E-state index in [2.05, 4.69) is 5.32 Å². The first-order valence-electron chi connectivity index (χ1n) is 7.38. The molecule has 1 N–H and O–H groups in total. The highest BCUT2D eigenvalue weighted by Crippen LogP contribution is 2.15. The van der Waals surface area contributed by atoms with Crippen LogP contribution in [0.2, 0.25) is 0 Å². The molecule has 0 aromatic heterocycles. The second-order valence-corrected chi connectivity index (χ2v) is 6.10. The number of rotatable bonds is 8. The molecule has 0 aliphatic heterocycles. The van der Waals surface area contributed by atoms with Crippen LogP contribution in [0.1, 0.15) is 5.56 Å². The molecule has 0 fully saturated rings. The molecule has 1 amide bonds. The molecule has 23 heavy (non-hydrogen) atoms. The van der Waals surface area contributed by atoms with Crippen molar-refractivity contribution in [1.29, 1.82) is 0 Å². The molecule has 5 heteroatoms. The fourth-order valence-corrected chi connectivity index (χ4v) is 2.49. The van der Waals surface area contributed by atoms with Gasteiger partial charge in [0.05, 0.1) is 19.5 Å². The first kappa shape index (κ1) is 17.2. The van der Waals surface area contributed by atoms with E-state index in [9.17, 15) is 4.79 Å². The molecule has 4 nitrogen and oxygen atoms in total. The van der Waals surface area contributed by atoms with Gasteiger partial charge in [0, 0.05) is 11.4 Å². The summed E-state index contributed by atoms with van der Waals surface area (Å²) in [6.07, 6.45) is 0. The van der Waals surface area contributed by atoms with E-state index in [0.29, 0.717) is 12.4 Å². The number of methoxy groups -OCH3 is 1. The summed E-state index contributed by atoms with van der Waals surface area (Å²) in [4.78, 5) is 11.8. The SMILES string of the molecule is COc1ccc(NC(=O)CSCCOc2ccc(C)cc2)cc1. The van der Waals surface area contributed by atoms with Crippen molar-refractivity contribution in [3.05, 3.63) is 54.1 Å². The molecule has 0 heterocycles. The van der Waals surface area contributed by atoms with E-state index in [1.54, 1.807) is 18.9 Å². The van der Waals surface area contributed by atoms with Gasteiger partial charge in [0.2, 0.25) is 5.91 Å². The Labute approximate surface area is 141 Å². The average Bonchev–Trinajstić information content (AvgIpc) is 2.57. The first-order valence-corrected chi connectivity index (χ1v) is 8.54. The van der Waals surface area contributed by atoms with Crippen molar-refractivity contribution in [1.82, 2.24) is 0 Å². The van der Waals surface area contributed by atoms with Crippen LogP contribution in [0.4, 0.5) is 5.69 Å². The fraction of sp³-hybridized carbons (Fsp3) is 0.278. The van der Waals surface area contributed by atoms with Gasteiger partial charge in [-0.2, -0.15) is 0 Å². The minimum atomic E-state index is -0.0181. The number of thioether (sulfide) groups is 1. The topological polar surface area (TPSA) is 47.6 Å². The van der Waals surface area contributed by atoms with Crippen molar-refractivity contribution in [3.8, 4) is 11.5 Å². The van der Waals surface area contributed by atoms with E-state index in [0.717, 1.165) is 22.9 Å². The standard InChI is InChI=1S/C18H21NO3S/c1-14-3-7-17(8-4-14)22-11-12-23-13-18(20)19-15-5-9-16(21-2)10-6-15/h3-10H,11-13H2,1-2H3,(H,19,20). The van der Waals surface area contributed by atoms with Gasteiger partial charge in [0.1, 0.15) is 11.5 Å². The molecule has 0 bridgehead atoms. The number of amides is 1. The lowest BCUT2D eigenvalue weighted by Gasteiger charge is -2.07. The molecule has 0 unspecified atom stereocenters. The zero-order chi connectivity index (χ0) is 16.5. The van der Waals surface area contributed by atoms with E-state index in [4.69, 9.17) is 9.47 Å². The lowest BCUT2D eigenvalue weighted by molar-refractivity contribution is -0.113. The Morgan fingerprint density at radius 3 is 2.35 bits per heavy atom. The van der Waals surface area contributed by atoms with Gasteiger partial charge >= 0.3 is 0 Å². The molecule has 0 spiro atoms. The lowest BCUT2D eigenvalue weighted by atomic mass is 10.2. The Bertz CT molecular complexity index is 611. The van der Waals surface area contributed by atoms with Crippen LogP contribution in [-0.4, -0.2) is 31.1 Å². The normalized spacial score (nSPS) is 10.2. The van der Waals surface area contributed by atoms with Crippen molar-refractivity contribution in [2.45, 2.75) is 6.92 Å². The summed E-state index contributed by atoms with van der Waals surface area (Å²) in [6, 6.07) is 15.2. The molecule has 0 radical (unpaired) electrons. The summed E-state index contributed by atoms with van der Waals surface area (Å²) in [7, 11) is 1.61. The second kappa shape index (κ2) is 9.10. The van der Waals surface area contributed by atoms with Crippen molar-refractivity contribution in [2.24, 2.45) is 0 Å². The van der Waals surface area contributed by atoms with Crippen molar-refractivity contribution in [3.63, 3.8) is 0 Å². The van der Waals surface area contributed by atoms with Crippen LogP contribution in [0.5, 0.6) is 11.5 Å². The number of benzene rings is 2. The quantitative estimate of drug-likeness (QED) is 0.748. The summed E-state index contributed by atoms with van der Waals surface area (Å²) in [6.45, 7) is 2.63. The van der Waals surface area contributed by atoms with Crippen molar-refractivity contribution >= 4 is 23.4 Å². The number of carbonyl (C=O) groups excluding carboxylic acids is 1. The van der Waals surface area contributed by atoms with Crippen molar-refractivity contribution < 1.29 is 14.3 Å². The Morgan fingerprint density at radius 1 is 1.04 bits per heavy atom. The van der Waals surface area contributed by atoms with E-state index in [1.807, 2.05) is 55.5 Å². The highest BCUT2D eigenvalue weighted by atomic mass is 32.2. The van der Waals surface area contributed by atoms with E-state index in [-0.39, 0.29) is 5.91 Å². The van der Waals surface area contributed by atoms with Gasteiger partial charge in [-0.05, 0) is 43.3 Å². The summed E-state index contributed by atoms with van der Waals surface area (Å²) in [5.74, 6) is 2.78. The van der Waals surface area contributed by atoms with Crippen LogP contribution in [0, 0.1) is 6.92 Å². The average molecular weight is 331 g/mol. The molecule has 122 valence electrons. The molecular weight excluding hydrogens is 310 g/mol. The summed E-state index contributed by atoms with van der Waals surface area (Å²) < 4.78 is 10.7. The molecule has 0 aliphatic rings. The third-order valence-corrected chi connectivity index (χ3v) is 4.05. The second-order valence-electron chi connectivity index (χ2n) is 4.99. The van der Waals surface area contributed by atoms with E-state index >= 15 is 0 Å². The van der Waals surface area contributed by atoms with Gasteiger partial charge < -0.3 is 14.8 Å². The van der Waals surface area contributed by atoms with Crippen LogP contribution >= 0.6 is 11.8 Å². The number of carbonyl (C=O) groups is 1. The molecular formula is C18H21NO3S. The third kappa shape index (κ3) is 6.24. The molecule has 0 aliphatic carbocycles. The predicted molar refractivity (Wildman–Crippen MR) is 95.6 cm³/mol. The van der Waals surface area contributed by atoms with E-state index in [1.165, 1.54) is 5.56 Å². The van der Waals surface area contributed by atoms with Gasteiger partial charge in [-0.25, -0.2) is 0 Å². The van der Waals surface area contributed by atoms with Crippen LogP contribution in [0.15, 0.2) is 48.5 Å². The maximum atomic E-state index is 11.8. The van der Waals surface area contributed by atoms with Crippen LogP contribution in [0.3, 0.4) is 0 Å². The van der Waals surface area contributed by atoms with Gasteiger partial charge in [-0.15, -0.1) is 11.8 Å². The first-order chi connectivity index (χ1) is 11.2. The number of aryl methyl sites for hydroxylation is 1. The number of hydrogen-bond donors (Lipinski definition) is 1. The molecule has 2 rings (SSSR count). The summed E-state index contributed by atoms with van der Waals surface area (Å²) >= 11 is 1.55. The van der Waals surface area contributed by atoms with Crippen LogP contribution in [-0.2, 0) is 4.79 Å². The largest absolute Gasteiger partial charge is 0.497 e. The Balaban J connectivity index is 1.61. The fourth-order valence-electron chi connectivity index (χ4n) is 1.89. The molecule has 0 atom stereocenters. The van der Waals surface area contributed by atoms with Gasteiger partial charge in [0.15, 0.2) is 0 Å². The maximum Gasteiger partial charge on any atom is 0.234 e. The van der Waals surface area contributed by atoms with Gasteiger partial charge in [-0.1, -0.05) is 17.7 Å². The smallest absolute Gasteiger partial charge is 0.234 e. The van der Waals surface area contributed by atoms with Gasteiger partial charge in [-0.3, -0.25) is 4.79 Å². The van der Waals surface area contributed by atoms with E-state index < -0.39 is 0 Å². The number of nitrogens with one attached hydrogen (secondary N) is 1. The van der Waals surface area contributed by atoms with Crippen molar-refractivity contribution in [2.75, 3.05) is 30.5 Å². The highest BCUT2D eigenvalue weighted by molar-refractivity contribution is 7.99. The molecule has 0 saturated carbocycles. The third-order valence-electron chi connectivity index (χ3n) is 3.12. The maximum absolute atomic E-state index is 11.8. The number of ether oxygens (including phenoxy) is 2. The van der Waals surface area contributed by atoms with Crippen LogP contribution < -0.4 is 14.8 Å². The molecule has 2 aromatic carbocycles. The predicted octanol–water partition coefficient (Wildman–Crippen LogP) is 3.75. The Hall–Kier alpha value is -2.14. The van der Waals surface area contributed by atoms with Gasteiger partial charge in [0.25, 0.3) is 0 Å². The zero-order valence-corrected chi connectivity index (χ0v) is 14.2. The Morgan fingerprint density at radius 2 is 1.70 bits per heavy atom. The highest BCUT2D eigenvalue weighted by Gasteiger charge is 2.03.